The number of fused-ring (bicyclic) bond motifs is 1. The average Bonchev–Trinajstić information content (AvgIpc) is 2.97. The van der Waals surface area contributed by atoms with Crippen molar-refractivity contribution in [3.8, 4) is 22.8 Å². The van der Waals surface area contributed by atoms with E-state index in [-0.39, 0.29) is 18.0 Å². The first-order valence-electron chi connectivity index (χ1n) is 9.85. The summed E-state index contributed by atoms with van der Waals surface area (Å²) in [5, 5.41) is 7.19. The molecule has 1 aromatic heterocycles. The molecule has 1 aliphatic heterocycles. The van der Waals surface area contributed by atoms with E-state index < -0.39 is 0 Å². The van der Waals surface area contributed by atoms with Crippen LogP contribution in [0.25, 0.3) is 11.3 Å². The number of aromatic nitrogens is 2. The average molecular weight is 405 g/mol. The van der Waals surface area contributed by atoms with E-state index in [4.69, 9.17) is 9.47 Å². The maximum Gasteiger partial charge on any atom is 0.267 e. The largest absolute Gasteiger partial charge is 0.490 e. The van der Waals surface area contributed by atoms with E-state index in [0.717, 1.165) is 27.8 Å². The van der Waals surface area contributed by atoms with Crippen LogP contribution in [0.4, 0.5) is 5.69 Å². The van der Waals surface area contributed by atoms with Gasteiger partial charge in [-0.1, -0.05) is 6.07 Å². The first kappa shape index (κ1) is 19.7. The number of benzene rings is 2. The molecule has 1 aliphatic rings. The highest BCUT2D eigenvalue weighted by atomic mass is 16.5. The van der Waals surface area contributed by atoms with Crippen LogP contribution in [0.5, 0.6) is 11.5 Å². The zero-order chi connectivity index (χ0) is 21.1. The maximum atomic E-state index is 12.5. The summed E-state index contributed by atoms with van der Waals surface area (Å²) in [6.07, 6.45) is 0.822. The summed E-state index contributed by atoms with van der Waals surface area (Å²) in [7, 11) is 0. The standard InChI is InChI=1S/C23H23N3O4/c1-15-4-6-18(12-16(15)2)24-22(27)14-26-23(28)9-7-19(25-26)17-5-8-20-21(13-17)30-11-3-10-29-20/h4-9,12-13H,3,10-11,14H2,1-2H3,(H,24,27). The van der Waals surface area contributed by atoms with E-state index in [0.29, 0.717) is 36.1 Å². The van der Waals surface area contributed by atoms with Gasteiger partial charge in [0.1, 0.15) is 6.54 Å². The fourth-order valence-corrected chi connectivity index (χ4v) is 3.19. The first-order valence-corrected chi connectivity index (χ1v) is 9.85. The number of ether oxygens (including phenoxy) is 2. The zero-order valence-corrected chi connectivity index (χ0v) is 17.0. The van der Waals surface area contributed by atoms with Crippen molar-refractivity contribution in [2.24, 2.45) is 0 Å². The molecule has 0 aliphatic carbocycles. The molecule has 4 rings (SSSR count). The third kappa shape index (κ3) is 4.35. The number of hydrogen-bond acceptors (Lipinski definition) is 5. The summed E-state index contributed by atoms with van der Waals surface area (Å²) in [6.45, 7) is 5.02. The molecule has 7 nitrogen and oxygen atoms in total. The van der Waals surface area contributed by atoms with Gasteiger partial charge < -0.3 is 14.8 Å². The molecular formula is C23H23N3O4. The minimum atomic E-state index is -0.344. The van der Waals surface area contributed by atoms with Gasteiger partial charge in [0.05, 0.1) is 18.9 Å². The number of carbonyl (C=O) groups excluding carboxylic acids is 1. The summed E-state index contributed by atoms with van der Waals surface area (Å²) in [5.74, 6) is 1.03. The Morgan fingerprint density at radius 3 is 2.60 bits per heavy atom. The summed E-state index contributed by atoms with van der Waals surface area (Å²) in [4.78, 5) is 24.7. The highest BCUT2D eigenvalue weighted by Crippen LogP contribution is 2.33. The number of amides is 1. The van der Waals surface area contributed by atoms with Gasteiger partial charge in [0.2, 0.25) is 5.91 Å². The number of rotatable bonds is 4. The van der Waals surface area contributed by atoms with Crippen molar-refractivity contribution in [3.63, 3.8) is 0 Å². The van der Waals surface area contributed by atoms with Gasteiger partial charge >= 0.3 is 0 Å². The first-order chi connectivity index (χ1) is 14.5. The van der Waals surface area contributed by atoms with Gasteiger partial charge in [0.15, 0.2) is 11.5 Å². The van der Waals surface area contributed by atoms with Gasteiger partial charge in [-0.25, -0.2) is 4.68 Å². The van der Waals surface area contributed by atoms with E-state index >= 15 is 0 Å². The molecule has 0 atom stereocenters. The van der Waals surface area contributed by atoms with Gasteiger partial charge in [-0.05, 0) is 61.4 Å². The van der Waals surface area contributed by atoms with E-state index in [1.165, 1.54) is 6.07 Å². The lowest BCUT2D eigenvalue weighted by Gasteiger charge is -2.11. The topological polar surface area (TPSA) is 82.5 Å². The maximum absolute atomic E-state index is 12.5. The molecular weight excluding hydrogens is 382 g/mol. The van der Waals surface area contributed by atoms with Crippen molar-refractivity contribution in [1.82, 2.24) is 9.78 Å². The van der Waals surface area contributed by atoms with Crippen LogP contribution in [0.15, 0.2) is 53.3 Å². The van der Waals surface area contributed by atoms with E-state index in [2.05, 4.69) is 10.4 Å². The molecule has 0 unspecified atom stereocenters. The molecule has 0 radical (unpaired) electrons. The molecule has 30 heavy (non-hydrogen) atoms. The number of nitrogens with zero attached hydrogens (tertiary/aromatic N) is 2. The zero-order valence-electron chi connectivity index (χ0n) is 17.0. The van der Waals surface area contributed by atoms with E-state index in [9.17, 15) is 9.59 Å². The molecule has 0 fully saturated rings. The van der Waals surface area contributed by atoms with Crippen LogP contribution >= 0.6 is 0 Å². The SMILES string of the molecule is Cc1ccc(NC(=O)Cn2nc(-c3ccc4c(c3)OCCCO4)ccc2=O)cc1C. The number of nitrogens with one attached hydrogen (secondary N) is 1. The fraction of sp³-hybridized carbons (Fsp3) is 0.261. The lowest BCUT2D eigenvalue weighted by Crippen LogP contribution is -2.29. The van der Waals surface area contributed by atoms with Crippen LogP contribution in [-0.2, 0) is 11.3 Å². The molecule has 2 aromatic carbocycles. The highest BCUT2D eigenvalue weighted by Gasteiger charge is 2.13. The Labute approximate surface area is 174 Å². The van der Waals surface area contributed by atoms with E-state index in [1.807, 2.05) is 50.2 Å². The normalized spacial score (nSPS) is 12.9. The number of hydrogen-bond donors (Lipinski definition) is 1. The van der Waals surface area contributed by atoms with Gasteiger partial charge in [0, 0.05) is 23.7 Å². The lowest BCUT2D eigenvalue weighted by atomic mass is 10.1. The minimum Gasteiger partial charge on any atom is -0.490 e. The van der Waals surface area contributed by atoms with Crippen molar-refractivity contribution in [3.05, 3.63) is 70.0 Å². The predicted octanol–water partition coefficient (Wildman–Crippen LogP) is 3.33. The molecule has 0 saturated heterocycles. The van der Waals surface area contributed by atoms with Crippen LogP contribution in [0.1, 0.15) is 17.5 Å². The van der Waals surface area contributed by atoms with Crippen molar-refractivity contribution >= 4 is 11.6 Å². The summed E-state index contributed by atoms with van der Waals surface area (Å²) >= 11 is 0. The fourth-order valence-electron chi connectivity index (χ4n) is 3.19. The molecule has 2 heterocycles. The third-order valence-corrected chi connectivity index (χ3v) is 4.99. The summed E-state index contributed by atoms with van der Waals surface area (Å²) in [6, 6.07) is 14.3. The molecule has 1 amide bonds. The number of anilines is 1. The predicted molar refractivity (Wildman–Crippen MR) is 114 cm³/mol. The Balaban J connectivity index is 1.54. The van der Waals surface area contributed by atoms with E-state index in [1.54, 1.807) is 6.07 Å². The lowest BCUT2D eigenvalue weighted by molar-refractivity contribution is -0.117. The van der Waals surface area contributed by atoms with Gasteiger partial charge in [-0.15, -0.1) is 0 Å². The van der Waals surface area contributed by atoms with Crippen LogP contribution in [0.3, 0.4) is 0 Å². The Bertz CT molecular complexity index is 1150. The van der Waals surface area contributed by atoms with Crippen molar-refractivity contribution in [2.75, 3.05) is 18.5 Å². The van der Waals surface area contributed by atoms with Crippen LogP contribution < -0.4 is 20.3 Å². The van der Waals surface area contributed by atoms with Crippen LogP contribution in [0.2, 0.25) is 0 Å². The highest BCUT2D eigenvalue weighted by molar-refractivity contribution is 5.90. The Morgan fingerprint density at radius 1 is 1.00 bits per heavy atom. The van der Waals surface area contributed by atoms with Gasteiger partial charge in [-0.3, -0.25) is 9.59 Å². The summed E-state index contributed by atoms with van der Waals surface area (Å²) in [5.41, 5.74) is 3.93. The molecule has 154 valence electrons. The minimum absolute atomic E-state index is 0.176. The Morgan fingerprint density at radius 2 is 1.80 bits per heavy atom. The van der Waals surface area contributed by atoms with Crippen molar-refractivity contribution < 1.29 is 14.3 Å². The van der Waals surface area contributed by atoms with Gasteiger partial charge in [-0.2, -0.15) is 5.10 Å². The second-order valence-electron chi connectivity index (χ2n) is 7.27. The second kappa shape index (κ2) is 8.41. The Kier molecular flexibility index (Phi) is 5.52. The number of carbonyl (C=O) groups is 1. The molecule has 0 saturated carbocycles. The monoisotopic (exact) mass is 405 g/mol. The van der Waals surface area contributed by atoms with Crippen LogP contribution in [-0.4, -0.2) is 28.9 Å². The molecule has 0 bridgehead atoms. The Hall–Kier alpha value is -3.61. The van der Waals surface area contributed by atoms with Crippen LogP contribution in [0, 0.1) is 13.8 Å². The molecule has 3 aromatic rings. The third-order valence-electron chi connectivity index (χ3n) is 4.99. The van der Waals surface area contributed by atoms with Crippen molar-refractivity contribution in [1.29, 1.82) is 0 Å². The molecule has 1 N–H and O–H groups in total. The van der Waals surface area contributed by atoms with Crippen molar-refractivity contribution in [2.45, 2.75) is 26.8 Å². The number of aryl methyl sites for hydroxylation is 2. The quantitative estimate of drug-likeness (QED) is 0.720. The smallest absolute Gasteiger partial charge is 0.267 e. The second-order valence-corrected chi connectivity index (χ2v) is 7.27. The van der Waals surface area contributed by atoms with Gasteiger partial charge in [0.25, 0.3) is 5.56 Å². The molecule has 7 heteroatoms. The summed E-state index contributed by atoms with van der Waals surface area (Å²) < 4.78 is 12.5. The molecule has 0 spiro atoms.